The zero-order valence-electron chi connectivity index (χ0n) is 16.0. The third-order valence-electron chi connectivity index (χ3n) is 5.82. The van der Waals surface area contributed by atoms with Gasteiger partial charge in [-0.1, -0.05) is 6.92 Å². The van der Waals surface area contributed by atoms with Crippen LogP contribution in [-0.4, -0.2) is 20.7 Å². The highest BCUT2D eigenvalue weighted by molar-refractivity contribution is 5.91. The Morgan fingerprint density at radius 1 is 1.27 bits per heavy atom. The standard InChI is InChI=1S/C21H28N4O/c1-13-4-7-17-9-20(22-11-18(17)8-13)23-21(26)10-19-14(2)24-25(15(19)3)12-16-5-6-16/h9,11,13,16H,4-8,10,12H2,1-3H3,(H,22,23,26). The highest BCUT2D eigenvalue weighted by atomic mass is 16.1. The van der Waals surface area contributed by atoms with Gasteiger partial charge in [-0.05, 0) is 75.0 Å². The van der Waals surface area contributed by atoms with Crippen LogP contribution in [0.25, 0.3) is 0 Å². The molecule has 4 rings (SSSR count). The first-order chi connectivity index (χ1) is 12.5. The molecular formula is C21H28N4O. The Kier molecular flexibility index (Phi) is 4.55. The number of hydrogen-bond donors (Lipinski definition) is 1. The normalized spacial score (nSPS) is 19.3. The summed E-state index contributed by atoms with van der Waals surface area (Å²) in [6.07, 6.45) is 8.28. The third-order valence-corrected chi connectivity index (χ3v) is 5.82. The molecule has 1 fully saturated rings. The van der Waals surface area contributed by atoms with Gasteiger partial charge >= 0.3 is 0 Å². The van der Waals surface area contributed by atoms with E-state index in [4.69, 9.17) is 0 Å². The summed E-state index contributed by atoms with van der Waals surface area (Å²) >= 11 is 0. The van der Waals surface area contributed by atoms with E-state index in [-0.39, 0.29) is 5.91 Å². The molecule has 1 amide bonds. The van der Waals surface area contributed by atoms with Crippen LogP contribution in [-0.2, 0) is 30.6 Å². The van der Waals surface area contributed by atoms with E-state index in [1.165, 1.54) is 30.4 Å². The first-order valence-electron chi connectivity index (χ1n) is 9.80. The summed E-state index contributed by atoms with van der Waals surface area (Å²) in [5, 5.41) is 7.62. The van der Waals surface area contributed by atoms with Crippen LogP contribution >= 0.6 is 0 Å². The number of rotatable bonds is 5. The lowest BCUT2D eigenvalue weighted by Crippen LogP contribution is -2.18. The number of anilines is 1. The molecule has 0 spiro atoms. The monoisotopic (exact) mass is 352 g/mol. The molecule has 2 heterocycles. The summed E-state index contributed by atoms with van der Waals surface area (Å²) in [4.78, 5) is 17.0. The molecule has 0 radical (unpaired) electrons. The Morgan fingerprint density at radius 3 is 2.85 bits per heavy atom. The lowest BCUT2D eigenvalue weighted by Gasteiger charge is -2.21. The minimum atomic E-state index is -0.0150. The van der Waals surface area contributed by atoms with Crippen molar-refractivity contribution in [3.05, 3.63) is 40.3 Å². The van der Waals surface area contributed by atoms with Crippen molar-refractivity contribution < 1.29 is 4.79 Å². The highest BCUT2D eigenvalue weighted by Crippen LogP contribution is 2.31. The average molecular weight is 352 g/mol. The van der Waals surface area contributed by atoms with E-state index in [1.54, 1.807) is 0 Å². The number of pyridine rings is 1. The maximum absolute atomic E-state index is 12.6. The van der Waals surface area contributed by atoms with Crippen molar-refractivity contribution in [2.24, 2.45) is 11.8 Å². The van der Waals surface area contributed by atoms with Crippen molar-refractivity contribution in [3.8, 4) is 0 Å². The molecule has 5 nitrogen and oxygen atoms in total. The van der Waals surface area contributed by atoms with Gasteiger partial charge in [-0.2, -0.15) is 5.10 Å². The van der Waals surface area contributed by atoms with Crippen molar-refractivity contribution in [3.63, 3.8) is 0 Å². The molecule has 0 aromatic carbocycles. The molecular weight excluding hydrogens is 324 g/mol. The predicted octanol–water partition coefficient (Wildman–Crippen LogP) is 3.61. The molecule has 2 aromatic rings. The second kappa shape index (κ2) is 6.86. The number of carbonyl (C=O) groups is 1. The Hall–Kier alpha value is -2.17. The zero-order valence-corrected chi connectivity index (χ0v) is 16.0. The van der Waals surface area contributed by atoms with E-state index < -0.39 is 0 Å². The highest BCUT2D eigenvalue weighted by Gasteiger charge is 2.24. The Labute approximate surface area is 155 Å². The maximum atomic E-state index is 12.6. The lowest BCUT2D eigenvalue weighted by molar-refractivity contribution is -0.115. The number of nitrogens with one attached hydrogen (secondary N) is 1. The fraction of sp³-hybridized carbons (Fsp3) is 0.571. The number of aromatic nitrogens is 3. The molecule has 1 saturated carbocycles. The van der Waals surface area contributed by atoms with E-state index in [1.807, 2.05) is 13.1 Å². The number of carbonyl (C=O) groups excluding carboxylic acids is 1. The fourth-order valence-electron chi connectivity index (χ4n) is 3.95. The summed E-state index contributed by atoms with van der Waals surface area (Å²) < 4.78 is 2.08. The molecule has 5 heteroatoms. The number of aryl methyl sites for hydroxylation is 2. The van der Waals surface area contributed by atoms with Gasteiger partial charge in [0.1, 0.15) is 5.82 Å². The van der Waals surface area contributed by atoms with E-state index in [9.17, 15) is 4.79 Å². The van der Waals surface area contributed by atoms with Crippen LogP contribution in [0.3, 0.4) is 0 Å². The van der Waals surface area contributed by atoms with Crippen LogP contribution in [0.4, 0.5) is 5.82 Å². The molecule has 26 heavy (non-hydrogen) atoms. The Morgan fingerprint density at radius 2 is 2.08 bits per heavy atom. The van der Waals surface area contributed by atoms with E-state index in [2.05, 4.69) is 40.0 Å². The van der Waals surface area contributed by atoms with Crippen LogP contribution in [0.2, 0.25) is 0 Å². The van der Waals surface area contributed by atoms with Crippen molar-refractivity contribution in [2.45, 2.75) is 65.8 Å². The van der Waals surface area contributed by atoms with Crippen LogP contribution in [0.5, 0.6) is 0 Å². The number of hydrogen-bond acceptors (Lipinski definition) is 3. The first-order valence-corrected chi connectivity index (χ1v) is 9.80. The molecule has 0 saturated heterocycles. The molecule has 1 N–H and O–H groups in total. The fourth-order valence-corrected chi connectivity index (χ4v) is 3.95. The van der Waals surface area contributed by atoms with Crippen molar-refractivity contribution >= 4 is 11.7 Å². The largest absolute Gasteiger partial charge is 0.310 e. The summed E-state index contributed by atoms with van der Waals surface area (Å²) in [7, 11) is 0. The molecule has 2 aliphatic rings. The maximum Gasteiger partial charge on any atom is 0.230 e. The average Bonchev–Trinajstić information content (AvgIpc) is 3.38. The second-order valence-electron chi connectivity index (χ2n) is 8.19. The Balaban J connectivity index is 1.43. The van der Waals surface area contributed by atoms with E-state index in [0.717, 1.165) is 48.2 Å². The number of fused-ring (bicyclic) bond motifs is 1. The molecule has 2 aromatic heterocycles. The molecule has 138 valence electrons. The Bertz CT molecular complexity index is 835. The lowest BCUT2D eigenvalue weighted by atomic mass is 9.86. The minimum absolute atomic E-state index is 0.0150. The molecule has 1 unspecified atom stereocenters. The SMILES string of the molecule is Cc1nn(CC2CC2)c(C)c1CC(=O)Nc1cc2c(cn1)CC(C)CC2. The van der Waals surface area contributed by atoms with Gasteiger partial charge in [0.2, 0.25) is 5.91 Å². The van der Waals surface area contributed by atoms with Gasteiger partial charge in [-0.3, -0.25) is 9.48 Å². The molecule has 1 atom stereocenters. The van der Waals surface area contributed by atoms with Gasteiger partial charge in [0, 0.05) is 24.0 Å². The number of nitrogens with zero attached hydrogens (tertiary/aromatic N) is 3. The van der Waals surface area contributed by atoms with Gasteiger partial charge in [0.25, 0.3) is 0 Å². The van der Waals surface area contributed by atoms with Gasteiger partial charge in [0.05, 0.1) is 12.1 Å². The molecule has 0 aliphatic heterocycles. The van der Waals surface area contributed by atoms with Crippen LogP contribution in [0.15, 0.2) is 12.3 Å². The van der Waals surface area contributed by atoms with Crippen molar-refractivity contribution in [1.82, 2.24) is 14.8 Å². The smallest absolute Gasteiger partial charge is 0.230 e. The molecule has 0 bridgehead atoms. The second-order valence-corrected chi connectivity index (χ2v) is 8.19. The van der Waals surface area contributed by atoms with Gasteiger partial charge < -0.3 is 5.32 Å². The first kappa shape index (κ1) is 17.3. The van der Waals surface area contributed by atoms with Gasteiger partial charge in [-0.25, -0.2) is 4.98 Å². The van der Waals surface area contributed by atoms with E-state index >= 15 is 0 Å². The predicted molar refractivity (Wildman–Crippen MR) is 102 cm³/mol. The number of amides is 1. The van der Waals surface area contributed by atoms with Crippen molar-refractivity contribution in [1.29, 1.82) is 0 Å². The summed E-state index contributed by atoms with van der Waals surface area (Å²) in [6, 6.07) is 2.05. The van der Waals surface area contributed by atoms with E-state index in [0.29, 0.717) is 12.2 Å². The van der Waals surface area contributed by atoms with Gasteiger partial charge in [-0.15, -0.1) is 0 Å². The summed E-state index contributed by atoms with van der Waals surface area (Å²) in [6.45, 7) is 7.34. The quantitative estimate of drug-likeness (QED) is 0.894. The van der Waals surface area contributed by atoms with Crippen molar-refractivity contribution in [2.75, 3.05) is 5.32 Å². The van der Waals surface area contributed by atoms with Crippen LogP contribution in [0, 0.1) is 25.7 Å². The van der Waals surface area contributed by atoms with Crippen LogP contribution in [0.1, 0.15) is 54.3 Å². The summed E-state index contributed by atoms with van der Waals surface area (Å²) in [5.74, 6) is 2.16. The zero-order chi connectivity index (χ0) is 18.3. The molecule has 2 aliphatic carbocycles. The van der Waals surface area contributed by atoms with Gasteiger partial charge in [0.15, 0.2) is 0 Å². The minimum Gasteiger partial charge on any atom is -0.310 e. The summed E-state index contributed by atoms with van der Waals surface area (Å²) in [5.41, 5.74) is 5.80. The third kappa shape index (κ3) is 3.67. The topological polar surface area (TPSA) is 59.8 Å². The van der Waals surface area contributed by atoms with Crippen LogP contribution < -0.4 is 5.32 Å².